The summed E-state index contributed by atoms with van der Waals surface area (Å²) < 4.78 is 10.7. The second kappa shape index (κ2) is 7.43. The Bertz CT molecular complexity index is 682. The van der Waals surface area contributed by atoms with Crippen molar-refractivity contribution in [2.24, 2.45) is 10.7 Å². The average Bonchev–Trinajstić information content (AvgIpc) is 3.22. The Morgan fingerprint density at radius 3 is 3.17 bits per heavy atom. The number of ether oxygens (including phenoxy) is 1. The Labute approximate surface area is 138 Å². The molecule has 3 rings (SSSR count). The van der Waals surface area contributed by atoms with Crippen molar-refractivity contribution in [2.45, 2.75) is 25.5 Å². The molecule has 0 spiro atoms. The first-order valence-electron chi connectivity index (χ1n) is 7.44. The molecule has 3 N–H and O–H groups in total. The molecule has 0 bridgehead atoms. The SMILES string of the molecule is NC(=NCc1nc(-c2cccc(Cl)c2)no1)NCC1CCCO1. The van der Waals surface area contributed by atoms with Crippen molar-refractivity contribution in [2.75, 3.05) is 13.2 Å². The van der Waals surface area contributed by atoms with Crippen molar-refractivity contribution in [3.8, 4) is 11.4 Å². The highest BCUT2D eigenvalue weighted by atomic mass is 35.5. The topological polar surface area (TPSA) is 98.6 Å². The molecule has 23 heavy (non-hydrogen) atoms. The highest BCUT2D eigenvalue weighted by molar-refractivity contribution is 6.30. The van der Waals surface area contributed by atoms with E-state index < -0.39 is 0 Å². The van der Waals surface area contributed by atoms with Gasteiger partial charge in [-0.1, -0.05) is 28.9 Å². The van der Waals surface area contributed by atoms with E-state index >= 15 is 0 Å². The van der Waals surface area contributed by atoms with Gasteiger partial charge in [0.2, 0.25) is 11.7 Å². The van der Waals surface area contributed by atoms with E-state index in [-0.39, 0.29) is 12.6 Å². The van der Waals surface area contributed by atoms with Gasteiger partial charge in [-0.2, -0.15) is 4.98 Å². The zero-order valence-corrected chi connectivity index (χ0v) is 13.3. The first-order valence-corrected chi connectivity index (χ1v) is 7.82. The fourth-order valence-corrected chi connectivity index (χ4v) is 2.49. The molecule has 1 saturated heterocycles. The van der Waals surface area contributed by atoms with E-state index in [1.54, 1.807) is 12.1 Å². The van der Waals surface area contributed by atoms with Gasteiger partial charge in [-0.25, -0.2) is 4.99 Å². The van der Waals surface area contributed by atoms with Gasteiger partial charge in [0.25, 0.3) is 0 Å². The number of aliphatic imine (C=N–C) groups is 1. The molecule has 1 unspecified atom stereocenters. The van der Waals surface area contributed by atoms with Crippen molar-refractivity contribution in [1.29, 1.82) is 0 Å². The van der Waals surface area contributed by atoms with E-state index in [9.17, 15) is 0 Å². The Balaban J connectivity index is 1.55. The van der Waals surface area contributed by atoms with Crippen LogP contribution in [0.5, 0.6) is 0 Å². The average molecular weight is 336 g/mol. The van der Waals surface area contributed by atoms with Crippen LogP contribution in [0.15, 0.2) is 33.8 Å². The second-order valence-corrected chi connectivity index (χ2v) is 5.68. The molecule has 2 aromatic rings. The molecule has 0 radical (unpaired) electrons. The highest BCUT2D eigenvalue weighted by Gasteiger charge is 2.15. The Kier molecular flexibility index (Phi) is 5.09. The number of rotatable bonds is 5. The number of benzene rings is 1. The zero-order chi connectivity index (χ0) is 16.1. The summed E-state index contributed by atoms with van der Waals surface area (Å²) in [6.07, 6.45) is 2.35. The van der Waals surface area contributed by atoms with Gasteiger partial charge < -0.3 is 20.3 Å². The molecule has 2 heterocycles. The molecule has 0 saturated carbocycles. The van der Waals surface area contributed by atoms with Crippen LogP contribution >= 0.6 is 11.6 Å². The summed E-state index contributed by atoms with van der Waals surface area (Å²) in [5, 5.41) is 7.58. The van der Waals surface area contributed by atoms with Crippen molar-refractivity contribution in [1.82, 2.24) is 15.5 Å². The minimum absolute atomic E-state index is 0.210. The maximum absolute atomic E-state index is 5.95. The van der Waals surface area contributed by atoms with Crippen LogP contribution in [0.3, 0.4) is 0 Å². The van der Waals surface area contributed by atoms with Crippen molar-refractivity contribution in [3.05, 3.63) is 35.2 Å². The first-order chi connectivity index (χ1) is 11.2. The minimum atomic E-state index is 0.210. The van der Waals surface area contributed by atoms with E-state index in [0.29, 0.717) is 29.2 Å². The van der Waals surface area contributed by atoms with E-state index in [1.807, 2.05) is 12.1 Å². The van der Waals surface area contributed by atoms with Crippen molar-refractivity contribution >= 4 is 17.6 Å². The molecular weight excluding hydrogens is 318 g/mol. The summed E-state index contributed by atoms with van der Waals surface area (Å²) in [7, 11) is 0. The first kappa shape index (κ1) is 15.8. The lowest BCUT2D eigenvalue weighted by atomic mass is 10.2. The Hall–Kier alpha value is -2.12. The van der Waals surface area contributed by atoms with Crippen LogP contribution in [0.1, 0.15) is 18.7 Å². The molecule has 1 fully saturated rings. The predicted octanol–water partition coefficient (Wildman–Crippen LogP) is 1.97. The lowest BCUT2D eigenvalue weighted by Gasteiger charge is -2.10. The second-order valence-electron chi connectivity index (χ2n) is 5.24. The summed E-state index contributed by atoms with van der Waals surface area (Å²) in [6.45, 7) is 1.70. The molecule has 1 aromatic carbocycles. The normalized spacial score (nSPS) is 18.3. The number of aromatic nitrogens is 2. The molecule has 1 atom stereocenters. The van der Waals surface area contributed by atoms with Crippen LogP contribution in [0.25, 0.3) is 11.4 Å². The number of guanidine groups is 1. The van der Waals surface area contributed by atoms with Gasteiger partial charge in [-0.15, -0.1) is 0 Å². The number of hydrogen-bond acceptors (Lipinski definition) is 5. The number of nitrogens with two attached hydrogens (primary N) is 1. The quantitative estimate of drug-likeness (QED) is 0.640. The number of nitrogens with one attached hydrogen (secondary N) is 1. The third-order valence-electron chi connectivity index (χ3n) is 3.47. The van der Waals surface area contributed by atoms with Crippen LogP contribution < -0.4 is 11.1 Å². The molecule has 8 heteroatoms. The van der Waals surface area contributed by atoms with Crippen LogP contribution in [-0.4, -0.2) is 35.4 Å². The fourth-order valence-electron chi connectivity index (χ4n) is 2.30. The molecule has 7 nitrogen and oxygen atoms in total. The highest BCUT2D eigenvalue weighted by Crippen LogP contribution is 2.20. The summed E-state index contributed by atoms with van der Waals surface area (Å²) in [5.41, 5.74) is 6.61. The number of halogens is 1. The molecular formula is C15H18ClN5O2. The van der Waals surface area contributed by atoms with Crippen LogP contribution in [0.4, 0.5) is 0 Å². The molecule has 0 amide bonds. The maximum Gasteiger partial charge on any atom is 0.248 e. The molecule has 0 aliphatic carbocycles. The summed E-state index contributed by atoms with van der Waals surface area (Å²) in [6, 6.07) is 7.26. The van der Waals surface area contributed by atoms with Crippen LogP contribution in [0.2, 0.25) is 5.02 Å². The standard InChI is InChI=1S/C15H18ClN5O2/c16-11-4-1-3-10(7-11)14-20-13(23-21-14)9-19-15(17)18-8-12-5-2-6-22-12/h1,3-4,7,12H,2,5-6,8-9H2,(H3,17,18,19). The fraction of sp³-hybridized carbons (Fsp3) is 0.400. The maximum atomic E-state index is 5.95. The molecule has 1 aromatic heterocycles. The van der Waals surface area contributed by atoms with Gasteiger partial charge in [0.1, 0.15) is 6.54 Å². The van der Waals surface area contributed by atoms with E-state index in [4.69, 9.17) is 26.6 Å². The number of nitrogens with zero attached hydrogens (tertiary/aromatic N) is 3. The summed E-state index contributed by atoms with van der Waals surface area (Å²) in [4.78, 5) is 8.46. The van der Waals surface area contributed by atoms with Gasteiger partial charge >= 0.3 is 0 Å². The Morgan fingerprint density at radius 2 is 2.39 bits per heavy atom. The lowest BCUT2D eigenvalue weighted by molar-refractivity contribution is 0.114. The molecule has 122 valence electrons. The van der Waals surface area contributed by atoms with Gasteiger partial charge in [0.05, 0.1) is 6.10 Å². The molecule has 1 aliphatic rings. The summed E-state index contributed by atoms with van der Waals surface area (Å²) >= 11 is 5.95. The Morgan fingerprint density at radius 1 is 1.48 bits per heavy atom. The van der Waals surface area contributed by atoms with E-state index in [0.717, 1.165) is 25.0 Å². The predicted molar refractivity (Wildman–Crippen MR) is 87.0 cm³/mol. The van der Waals surface area contributed by atoms with Crippen molar-refractivity contribution < 1.29 is 9.26 Å². The monoisotopic (exact) mass is 335 g/mol. The smallest absolute Gasteiger partial charge is 0.248 e. The third-order valence-corrected chi connectivity index (χ3v) is 3.71. The van der Waals surface area contributed by atoms with Crippen LogP contribution in [-0.2, 0) is 11.3 Å². The van der Waals surface area contributed by atoms with E-state index in [2.05, 4.69) is 20.4 Å². The lowest BCUT2D eigenvalue weighted by Crippen LogP contribution is -2.37. The van der Waals surface area contributed by atoms with Gasteiger partial charge in [-0.05, 0) is 25.0 Å². The van der Waals surface area contributed by atoms with Gasteiger partial charge in [0.15, 0.2) is 5.96 Å². The van der Waals surface area contributed by atoms with Gasteiger partial charge in [-0.3, -0.25) is 0 Å². The number of hydrogen-bond donors (Lipinski definition) is 2. The van der Waals surface area contributed by atoms with Crippen molar-refractivity contribution in [3.63, 3.8) is 0 Å². The molecule has 1 aliphatic heterocycles. The summed E-state index contributed by atoms with van der Waals surface area (Å²) in [5.74, 6) is 1.20. The largest absolute Gasteiger partial charge is 0.376 e. The third kappa shape index (κ3) is 4.43. The zero-order valence-electron chi connectivity index (χ0n) is 12.5. The minimum Gasteiger partial charge on any atom is -0.376 e. The van der Waals surface area contributed by atoms with Crippen LogP contribution in [0, 0.1) is 0 Å². The van der Waals surface area contributed by atoms with Gasteiger partial charge in [0, 0.05) is 23.7 Å². The van der Waals surface area contributed by atoms with E-state index in [1.165, 1.54) is 0 Å².